The molecule has 1 heterocycles. The van der Waals surface area contributed by atoms with Crippen LogP contribution in [0.25, 0.3) is 0 Å². The minimum atomic E-state index is -0.899. The molecule has 0 fully saturated rings. The number of rotatable bonds is 5. The van der Waals surface area contributed by atoms with E-state index in [1.54, 1.807) is 54.2 Å². The Hall–Kier alpha value is -2.89. The highest BCUT2D eigenvalue weighted by Crippen LogP contribution is 2.13. The third-order valence-corrected chi connectivity index (χ3v) is 3.30. The molecular weight excluding hydrogens is 296 g/mol. The van der Waals surface area contributed by atoms with Crippen molar-refractivity contribution in [2.45, 2.75) is 20.0 Å². The standard InChI is InChI=1S/C17H18N2O4/c1-11(23-17(22)15-5-4-10-19(15)3)16(21)13-6-8-14(9-7-13)18-12(2)20/h4-11H,1-3H3,(H,18,20)/t11-/m1/s1. The van der Waals surface area contributed by atoms with Gasteiger partial charge in [-0.3, -0.25) is 9.59 Å². The second-order valence-corrected chi connectivity index (χ2v) is 5.17. The minimum absolute atomic E-state index is 0.186. The van der Waals surface area contributed by atoms with Gasteiger partial charge in [-0.1, -0.05) is 0 Å². The highest BCUT2D eigenvalue weighted by Gasteiger charge is 2.21. The van der Waals surface area contributed by atoms with Gasteiger partial charge in [-0.25, -0.2) is 4.79 Å². The molecular formula is C17H18N2O4. The van der Waals surface area contributed by atoms with Crippen molar-refractivity contribution in [3.05, 3.63) is 53.9 Å². The third-order valence-electron chi connectivity index (χ3n) is 3.30. The first-order valence-corrected chi connectivity index (χ1v) is 7.12. The Balaban J connectivity index is 2.03. The predicted molar refractivity (Wildman–Crippen MR) is 85.4 cm³/mol. The van der Waals surface area contributed by atoms with Gasteiger partial charge in [0.25, 0.3) is 0 Å². The van der Waals surface area contributed by atoms with E-state index in [0.717, 1.165) is 0 Å². The SMILES string of the molecule is CC(=O)Nc1ccc(C(=O)[C@@H](C)OC(=O)c2cccn2C)cc1. The first-order chi connectivity index (χ1) is 10.9. The number of aryl methyl sites for hydroxylation is 1. The first-order valence-electron chi connectivity index (χ1n) is 7.12. The van der Waals surface area contributed by atoms with E-state index in [4.69, 9.17) is 4.74 Å². The molecule has 1 amide bonds. The zero-order chi connectivity index (χ0) is 17.0. The molecule has 6 heteroatoms. The number of ketones is 1. The van der Waals surface area contributed by atoms with E-state index in [1.807, 2.05) is 0 Å². The predicted octanol–water partition coefficient (Wildman–Crippen LogP) is 2.41. The summed E-state index contributed by atoms with van der Waals surface area (Å²) in [6, 6.07) is 9.77. The van der Waals surface area contributed by atoms with E-state index in [1.165, 1.54) is 13.8 Å². The molecule has 0 aliphatic rings. The lowest BCUT2D eigenvalue weighted by Crippen LogP contribution is -2.25. The molecule has 1 N–H and O–H groups in total. The van der Waals surface area contributed by atoms with Gasteiger partial charge in [-0.2, -0.15) is 0 Å². The highest BCUT2D eigenvalue weighted by atomic mass is 16.5. The number of Topliss-reactive ketones (excluding diaryl/α,β-unsaturated/α-hetero) is 1. The average molecular weight is 314 g/mol. The van der Waals surface area contributed by atoms with Crippen LogP contribution in [0.5, 0.6) is 0 Å². The molecule has 0 spiro atoms. The normalized spacial score (nSPS) is 11.6. The number of carbonyl (C=O) groups is 3. The van der Waals surface area contributed by atoms with Crippen LogP contribution in [0.4, 0.5) is 5.69 Å². The Kier molecular flexibility index (Phi) is 4.95. The van der Waals surface area contributed by atoms with Crippen molar-refractivity contribution >= 4 is 23.3 Å². The van der Waals surface area contributed by atoms with Crippen LogP contribution >= 0.6 is 0 Å². The van der Waals surface area contributed by atoms with E-state index < -0.39 is 12.1 Å². The van der Waals surface area contributed by atoms with Gasteiger partial charge in [0.15, 0.2) is 6.10 Å². The number of hydrogen-bond acceptors (Lipinski definition) is 4. The molecule has 0 saturated heterocycles. The molecule has 0 bridgehead atoms. The van der Waals surface area contributed by atoms with Gasteiger partial charge in [-0.15, -0.1) is 0 Å². The van der Waals surface area contributed by atoms with Crippen LogP contribution in [0.1, 0.15) is 34.7 Å². The Morgan fingerprint density at radius 3 is 2.30 bits per heavy atom. The van der Waals surface area contributed by atoms with Crippen LogP contribution in [0.3, 0.4) is 0 Å². The van der Waals surface area contributed by atoms with Gasteiger partial charge in [0.2, 0.25) is 11.7 Å². The smallest absolute Gasteiger partial charge is 0.355 e. The number of benzene rings is 1. The van der Waals surface area contributed by atoms with E-state index in [9.17, 15) is 14.4 Å². The summed E-state index contributed by atoms with van der Waals surface area (Å²) < 4.78 is 6.83. The van der Waals surface area contributed by atoms with Crippen LogP contribution in [-0.2, 0) is 16.6 Å². The summed E-state index contributed by atoms with van der Waals surface area (Å²) in [6.07, 6.45) is 0.827. The van der Waals surface area contributed by atoms with E-state index in [2.05, 4.69) is 5.32 Å². The maximum Gasteiger partial charge on any atom is 0.355 e. The highest BCUT2D eigenvalue weighted by molar-refractivity contribution is 6.01. The third kappa shape index (κ3) is 4.06. The molecule has 23 heavy (non-hydrogen) atoms. The summed E-state index contributed by atoms with van der Waals surface area (Å²) in [5, 5.41) is 2.62. The van der Waals surface area contributed by atoms with Crippen molar-refractivity contribution in [2.24, 2.45) is 7.05 Å². The zero-order valence-corrected chi connectivity index (χ0v) is 13.2. The number of ether oxygens (including phenoxy) is 1. The van der Waals surface area contributed by atoms with E-state index >= 15 is 0 Å². The lowest BCUT2D eigenvalue weighted by molar-refractivity contribution is -0.114. The van der Waals surface area contributed by atoms with Crippen molar-refractivity contribution in [3.63, 3.8) is 0 Å². The summed E-state index contributed by atoms with van der Waals surface area (Å²) in [5.41, 5.74) is 1.39. The van der Waals surface area contributed by atoms with Crippen LogP contribution in [0.15, 0.2) is 42.6 Å². The lowest BCUT2D eigenvalue weighted by Gasteiger charge is -2.13. The average Bonchev–Trinajstić information content (AvgIpc) is 2.93. The molecule has 1 atom stereocenters. The topological polar surface area (TPSA) is 77.4 Å². The number of nitrogens with one attached hydrogen (secondary N) is 1. The van der Waals surface area contributed by atoms with E-state index in [0.29, 0.717) is 16.9 Å². The number of nitrogens with zero attached hydrogens (tertiary/aromatic N) is 1. The quantitative estimate of drug-likeness (QED) is 0.679. The number of carbonyl (C=O) groups excluding carboxylic acids is 3. The fourth-order valence-corrected chi connectivity index (χ4v) is 2.10. The molecule has 1 aromatic heterocycles. The fraction of sp³-hybridized carbons (Fsp3) is 0.235. The van der Waals surface area contributed by atoms with E-state index in [-0.39, 0.29) is 11.7 Å². The van der Waals surface area contributed by atoms with Gasteiger partial charge in [0, 0.05) is 31.4 Å². The Morgan fingerprint density at radius 2 is 1.78 bits per heavy atom. The number of anilines is 1. The Labute approximate surface area is 134 Å². The van der Waals surface area contributed by atoms with Crippen LogP contribution in [0.2, 0.25) is 0 Å². The molecule has 6 nitrogen and oxygen atoms in total. The molecule has 0 radical (unpaired) electrons. The minimum Gasteiger partial charge on any atom is -0.450 e. The van der Waals surface area contributed by atoms with Gasteiger partial charge < -0.3 is 14.6 Å². The van der Waals surface area contributed by atoms with Gasteiger partial charge in [-0.05, 0) is 43.3 Å². The largest absolute Gasteiger partial charge is 0.450 e. The van der Waals surface area contributed by atoms with Gasteiger partial charge in [0.1, 0.15) is 5.69 Å². The van der Waals surface area contributed by atoms with Gasteiger partial charge >= 0.3 is 5.97 Å². The maximum absolute atomic E-state index is 12.3. The second-order valence-electron chi connectivity index (χ2n) is 5.17. The molecule has 120 valence electrons. The second kappa shape index (κ2) is 6.91. The summed E-state index contributed by atoms with van der Waals surface area (Å²) >= 11 is 0. The molecule has 1 aromatic carbocycles. The lowest BCUT2D eigenvalue weighted by atomic mass is 10.1. The van der Waals surface area contributed by atoms with Crippen LogP contribution in [-0.4, -0.2) is 28.3 Å². The molecule has 2 rings (SSSR count). The zero-order valence-electron chi connectivity index (χ0n) is 13.2. The number of aromatic nitrogens is 1. The van der Waals surface area contributed by atoms with Crippen LogP contribution in [0, 0.1) is 0 Å². The molecule has 0 aliphatic heterocycles. The van der Waals surface area contributed by atoms with Crippen molar-refractivity contribution in [3.8, 4) is 0 Å². The molecule has 0 saturated carbocycles. The summed E-state index contributed by atoms with van der Waals surface area (Å²) in [5.74, 6) is -1.04. The van der Waals surface area contributed by atoms with Crippen molar-refractivity contribution in [1.29, 1.82) is 0 Å². The summed E-state index contributed by atoms with van der Waals surface area (Å²) in [6.45, 7) is 2.94. The monoisotopic (exact) mass is 314 g/mol. The summed E-state index contributed by atoms with van der Waals surface area (Å²) in [4.78, 5) is 35.3. The Morgan fingerprint density at radius 1 is 1.13 bits per heavy atom. The summed E-state index contributed by atoms with van der Waals surface area (Å²) in [7, 11) is 1.73. The molecule has 2 aromatic rings. The molecule has 0 unspecified atom stereocenters. The maximum atomic E-state index is 12.3. The van der Waals surface area contributed by atoms with Crippen molar-refractivity contribution < 1.29 is 19.1 Å². The fourth-order valence-electron chi connectivity index (χ4n) is 2.10. The Bertz CT molecular complexity index is 731. The van der Waals surface area contributed by atoms with Crippen molar-refractivity contribution in [1.82, 2.24) is 4.57 Å². The number of esters is 1. The van der Waals surface area contributed by atoms with Crippen molar-refractivity contribution in [2.75, 3.05) is 5.32 Å². The molecule has 0 aliphatic carbocycles. The van der Waals surface area contributed by atoms with Gasteiger partial charge in [0.05, 0.1) is 0 Å². The number of amides is 1. The van der Waals surface area contributed by atoms with Crippen LogP contribution < -0.4 is 5.32 Å². The first kappa shape index (κ1) is 16.5. The number of hydrogen-bond donors (Lipinski definition) is 1.